The van der Waals surface area contributed by atoms with Crippen LogP contribution in [0, 0.1) is 6.92 Å². The lowest BCUT2D eigenvalue weighted by atomic mass is 10.4. The molecule has 0 aliphatic rings. The van der Waals surface area contributed by atoms with Crippen molar-refractivity contribution in [3.05, 3.63) is 11.9 Å². The van der Waals surface area contributed by atoms with Crippen LogP contribution in [0.25, 0.3) is 0 Å². The summed E-state index contributed by atoms with van der Waals surface area (Å²) in [7, 11) is 1.79. The van der Waals surface area contributed by atoms with Crippen LogP contribution < -0.4 is 0 Å². The van der Waals surface area contributed by atoms with E-state index in [0.717, 1.165) is 5.69 Å². The molecule has 1 aromatic rings. The summed E-state index contributed by atoms with van der Waals surface area (Å²) < 4.78 is 1.62. The van der Waals surface area contributed by atoms with Gasteiger partial charge in [0.15, 0.2) is 5.75 Å². The normalized spacial score (nSPS) is 9.75. The molecule has 0 amide bonds. The number of aromatic nitrogens is 2. The van der Waals surface area contributed by atoms with Crippen molar-refractivity contribution in [2.45, 2.75) is 6.92 Å². The van der Waals surface area contributed by atoms with Crippen LogP contribution in [0.3, 0.4) is 0 Å². The van der Waals surface area contributed by atoms with Gasteiger partial charge in [-0.2, -0.15) is 5.10 Å². The molecule has 0 aromatic carbocycles. The van der Waals surface area contributed by atoms with E-state index < -0.39 is 0 Å². The molecule has 0 aliphatic heterocycles. The first-order chi connectivity index (χ1) is 3.72. The SMILES string of the molecule is Cc1c(O)cnn1C. The predicted molar refractivity (Wildman–Crippen MR) is 29.6 cm³/mol. The Balaban J connectivity index is 3.19. The van der Waals surface area contributed by atoms with E-state index in [1.54, 1.807) is 11.7 Å². The van der Waals surface area contributed by atoms with Gasteiger partial charge in [-0.3, -0.25) is 4.68 Å². The summed E-state index contributed by atoms with van der Waals surface area (Å²) in [6.07, 6.45) is 1.43. The van der Waals surface area contributed by atoms with Crippen molar-refractivity contribution in [3.63, 3.8) is 0 Å². The van der Waals surface area contributed by atoms with Crippen LogP contribution in [0.4, 0.5) is 0 Å². The molecule has 0 fully saturated rings. The van der Waals surface area contributed by atoms with Crippen LogP contribution in [-0.2, 0) is 7.05 Å². The summed E-state index contributed by atoms with van der Waals surface area (Å²) in [6, 6.07) is 0. The molecule has 1 rings (SSSR count). The summed E-state index contributed by atoms with van der Waals surface area (Å²) in [5.74, 6) is 0.257. The Morgan fingerprint density at radius 3 is 2.50 bits per heavy atom. The maximum atomic E-state index is 8.86. The van der Waals surface area contributed by atoms with Crippen molar-refractivity contribution in [2.24, 2.45) is 7.05 Å². The minimum atomic E-state index is 0.257. The van der Waals surface area contributed by atoms with Crippen LogP contribution in [-0.4, -0.2) is 14.9 Å². The maximum absolute atomic E-state index is 8.86. The second kappa shape index (κ2) is 1.51. The van der Waals surface area contributed by atoms with E-state index in [1.807, 2.05) is 6.92 Å². The third-order valence-electron chi connectivity index (χ3n) is 1.21. The minimum Gasteiger partial charge on any atom is -0.504 e. The summed E-state index contributed by atoms with van der Waals surface area (Å²) in [5.41, 5.74) is 0.796. The molecule has 0 saturated carbocycles. The topological polar surface area (TPSA) is 38.1 Å². The highest BCUT2D eigenvalue weighted by Gasteiger charge is 1.97. The van der Waals surface area contributed by atoms with Crippen LogP contribution in [0.2, 0.25) is 0 Å². The van der Waals surface area contributed by atoms with Gasteiger partial charge in [-0.25, -0.2) is 0 Å². The Morgan fingerprint density at radius 1 is 1.75 bits per heavy atom. The molecule has 0 spiro atoms. The minimum absolute atomic E-state index is 0.257. The van der Waals surface area contributed by atoms with Crippen LogP contribution in [0.1, 0.15) is 5.69 Å². The molecule has 1 N–H and O–H groups in total. The number of aryl methyl sites for hydroxylation is 1. The Bertz CT molecular complexity index is 173. The van der Waals surface area contributed by atoms with Crippen LogP contribution in [0.15, 0.2) is 6.20 Å². The van der Waals surface area contributed by atoms with Crippen molar-refractivity contribution in [2.75, 3.05) is 0 Å². The number of rotatable bonds is 0. The van der Waals surface area contributed by atoms with Crippen LogP contribution in [0.5, 0.6) is 5.75 Å². The van der Waals surface area contributed by atoms with Gasteiger partial charge in [-0.1, -0.05) is 0 Å². The molecule has 0 bridgehead atoms. The summed E-state index contributed by atoms with van der Waals surface area (Å²) in [5, 5.41) is 12.6. The standard InChI is InChI=1S/C5H8N2O/c1-4-5(8)3-6-7(4)2/h3,8H,1-2H3. The zero-order valence-electron chi connectivity index (χ0n) is 4.92. The van der Waals surface area contributed by atoms with E-state index >= 15 is 0 Å². The lowest BCUT2D eigenvalue weighted by molar-refractivity contribution is 0.469. The fourth-order valence-corrected chi connectivity index (χ4v) is 0.487. The van der Waals surface area contributed by atoms with E-state index in [2.05, 4.69) is 5.10 Å². The first kappa shape index (κ1) is 5.15. The van der Waals surface area contributed by atoms with Gasteiger partial charge in [0, 0.05) is 7.05 Å². The zero-order chi connectivity index (χ0) is 6.15. The summed E-state index contributed by atoms with van der Waals surface area (Å²) >= 11 is 0. The van der Waals surface area contributed by atoms with Crippen LogP contribution >= 0.6 is 0 Å². The molecule has 0 unspecified atom stereocenters. The summed E-state index contributed by atoms with van der Waals surface area (Å²) in [4.78, 5) is 0. The lowest BCUT2D eigenvalue weighted by Crippen LogP contribution is -1.90. The average molecular weight is 112 g/mol. The fourth-order valence-electron chi connectivity index (χ4n) is 0.487. The third kappa shape index (κ3) is 0.559. The number of hydrogen-bond donors (Lipinski definition) is 1. The number of hydrogen-bond acceptors (Lipinski definition) is 2. The van der Waals surface area contributed by atoms with Crippen molar-refractivity contribution in [3.8, 4) is 5.75 Å². The van der Waals surface area contributed by atoms with E-state index in [1.165, 1.54) is 6.20 Å². The van der Waals surface area contributed by atoms with E-state index in [-0.39, 0.29) is 5.75 Å². The van der Waals surface area contributed by atoms with E-state index in [0.29, 0.717) is 0 Å². The molecule has 0 atom stereocenters. The molecular formula is C5H8N2O. The van der Waals surface area contributed by atoms with Gasteiger partial charge < -0.3 is 5.11 Å². The molecule has 3 heteroatoms. The van der Waals surface area contributed by atoms with Gasteiger partial charge in [0.25, 0.3) is 0 Å². The van der Waals surface area contributed by atoms with Gasteiger partial charge in [0.2, 0.25) is 0 Å². The van der Waals surface area contributed by atoms with E-state index in [9.17, 15) is 0 Å². The molecule has 44 valence electrons. The molecule has 0 saturated heterocycles. The second-order valence-corrected chi connectivity index (χ2v) is 1.74. The first-order valence-corrected chi connectivity index (χ1v) is 2.39. The van der Waals surface area contributed by atoms with Crippen molar-refractivity contribution in [1.29, 1.82) is 0 Å². The Kier molecular flexibility index (Phi) is 0.970. The van der Waals surface area contributed by atoms with Crippen molar-refractivity contribution >= 4 is 0 Å². The number of aromatic hydroxyl groups is 1. The largest absolute Gasteiger partial charge is 0.504 e. The molecule has 1 heterocycles. The zero-order valence-corrected chi connectivity index (χ0v) is 4.92. The van der Waals surface area contributed by atoms with Gasteiger partial charge in [-0.05, 0) is 6.92 Å². The fraction of sp³-hybridized carbons (Fsp3) is 0.400. The van der Waals surface area contributed by atoms with Gasteiger partial charge >= 0.3 is 0 Å². The maximum Gasteiger partial charge on any atom is 0.156 e. The molecule has 0 radical (unpaired) electrons. The van der Waals surface area contributed by atoms with Crippen molar-refractivity contribution < 1.29 is 5.11 Å². The first-order valence-electron chi connectivity index (χ1n) is 2.39. The third-order valence-corrected chi connectivity index (χ3v) is 1.21. The molecule has 1 aromatic heterocycles. The van der Waals surface area contributed by atoms with Gasteiger partial charge in [-0.15, -0.1) is 0 Å². The van der Waals surface area contributed by atoms with Gasteiger partial charge in [0.05, 0.1) is 11.9 Å². The predicted octanol–water partition coefficient (Wildman–Crippen LogP) is 0.434. The molecular weight excluding hydrogens is 104 g/mol. The average Bonchev–Trinajstić information content (AvgIpc) is 1.98. The highest BCUT2D eigenvalue weighted by molar-refractivity contribution is 5.20. The summed E-state index contributed by atoms with van der Waals surface area (Å²) in [6.45, 7) is 1.81. The highest BCUT2D eigenvalue weighted by atomic mass is 16.3. The molecule has 0 aliphatic carbocycles. The second-order valence-electron chi connectivity index (χ2n) is 1.74. The Labute approximate surface area is 47.6 Å². The Morgan fingerprint density at radius 2 is 2.38 bits per heavy atom. The van der Waals surface area contributed by atoms with Crippen molar-refractivity contribution in [1.82, 2.24) is 9.78 Å². The van der Waals surface area contributed by atoms with E-state index in [4.69, 9.17) is 5.11 Å². The quantitative estimate of drug-likeness (QED) is 0.528. The monoisotopic (exact) mass is 112 g/mol. The smallest absolute Gasteiger partial charge is 0.156 e. The lowest BCUT2D eigenvalue weighted by Gasteiger charge is -1.89. The van der Waals surface area contributed by atoms with Gasteiger partial charge in [0.1, 0.15) is 0 Å². The molecule has 8 heavy (non-hydrogen) atoms. The highest BCUT2D eigenvalue weighted by Crippen LogP contribution is 2.11. The Hall–Kier alpha value is -0.990. The molecule has 3 nitrogen and oxygen atoms in total. The number of nitrogens with zero attached hydrogens (tertiary/aromatic N) is 2.